The molecule has 0 aliphatic carbocycles. The van der Waals surface area contributed by atoms with Crippen molar-refractivity contribution in [1.82, 2.24) is 0 Å². The third-order valence-electron chi connectivity index (χ3n) is 3.60. The SMILES string of the molecule is C=C(C)C(=O)OCCCCC[Si](OC)(OC)c1ccccc1. The molecule has 1 rings (SSSR count). The molecule has 0 aliphatic rings. The van der Waals surface area contributed by atoms with Gasteiger partial charge >= 0.3 is 14.5 Å². The number of hydrogen-bond acceptors (Lipinski definition) is 4. The minimum Gasteiger partial charge on any atom is -0.462 e. The lowest BCUT2D eigenvalue weighted by molar-refractivity contribution is -0.139. The highest BCUT2D eigenvalue weighted by Crippen LogP contribution is 2.17. The van der Waals surface area contributed by atoms with E-state index in [9.17, 15) is 4.79 Å². The summed E-state index contributed by atoms with van der Waals surface area (Å²) in [6.07, 6.45) is 2.79. The minimum atomic E-state index is -2.34. The molecule has 0 radical (unpaired) electrons. The molecule has 0 fully saturated rings. The maximum absolute atomic E-state index is 11.3. The van der Waals surface area contributed by atoms with E-state index in [0.717, 1.165) is 30.5 Å². The summed E-state index contributed by atoms with van der Waals surface area (Å²) in [7, 11) is 1.10. The van der Waals surface area contributed by atoms with E-state index in [4.69, 9.17) is 13.6 Å². The average molecular weight is 322 g/mol. The third-order valence-corrected chi connectivity index (χ3v) is 7.15. The van der Waals surface area contributed by atoms with E-state index < -0.39 is 8.56 Å². The van der Waals surface area contributed by atoms with Crippen LogP contribution in [0, 0.1) is 0 Å². The molecule has 22 heavy (non-hydrogen) atoms. The van der Waals surface area contributed by atoms with Crippen molar-refractivity contribution >= 4 is 19.7 Å². The van der Waals surface area contributed by atoms with Gasteiger partial charge in [-0.05, 0) is 24.6 Å². The Bertz CT molecular complexity index is 469. The van der Waals surface area contributed by atoms with Gasteiger partial charge < -0.3 is 13.6 Å². The van der Waals surface area contributed by atoms with Gasteiger partial charge in [0.25, 0.3) is 0 Å². The summed E-state index contributed by atoms with van der Waals surface area (Å²) in [5.74, 6) is -0.318. The fourth-order valence-corrected chi connectivity index (χ4v) is 5.03. The van der Waals surface area contributed by atoms with Crippen LogP contribution in [-0.2, 0) is 18.4 Å². The van der Waals surface area contributed by atoms with Gasteiger partial charge in [-0.3, -0.25) is 0 Å². The highest BCUT2D eigenvalue weighted by atomic mass is 28.4. The number of esters is 1. The lowest BCUT2D eigenvalue weighted by Crippen LogP contribution is -2.52. The maximum Gasteiger partial charge on any atom is 0.371 e. The van der Waals surface area contributed by atoms with Crippen LogP contribution in [0.1, 0.15) is 26.2 Å². The molecule has 122 valence electrons. The number of benzene rings is 1. The number of unbranched alkanes of at least 4 members (excludes halogenated alkanes) is 2. The number of carbonyl (C=O) groups is 1. The van der Waals surface area contributed by atoms with Crippen LogP contribution in [-0.4, -0.2) is 35.4 Å². The van der Waals surface area contributed by atoms with E-state index in [2.05, 4.69) is 18.7 Å². The van der Waals surface area contributed by atoms with Gasteiger partial charge in [-0.15, -0.1) is 0 Å². The first kappa shape index (κ1) is 18.6. The Morgan fingerprint density at radius 3 is 2.27 bits per heavy atom. The van der Waals surface area contributed by atoms with Crippen LogP contribution >= 0.6 is 0 Å². The monoisotopic (exact) mass is 322 g/mol. The topological polar surface area (TPSA) is 44.8 Å². The van der Waals surface area contributed by atoms with Crippen LogP contribution in [0.3, 0.4) is 0 Å². The van der Waals surface area contributed by atoms with Crippen LogP contribution in [0.5, 0.6) is 0 Å². The highest BCUT2D eigenvalue weighted by Gasteiger charge is 2.37. The maximum atomic E-state index is 11.3. The second-order valence-corrected chi connectivity index (χ2v) is 8.65. The lowest BCUT2D eigenvalue weighted by Gasteiger charge is -2.27. The molecular formula is C17H26O4Si. The fraction of sp³-hybridized carbons (Fsp3) is 0.471. The first-order chi connectivity index (χ1) is 10.6. The molecule has 0 heterocycles. The summed E-state index contributed by atoms with van der Waals surface area (Å²) < 4.78 is 16.6. The molecule has 0 bridgehead atoms. The summed E-state index contributed by atoms with van der Waals surface area (Å²) in [6, 6.07) is 11.0. The van der Waals surface area contributed by atoms with E-state index in [-0.39, 0.29) is 5.97 Å². The van der Waals surface area contributed by atoms with Gasteiger partial charge in [0.15, 0.2) is 0 Å². The normalized spacial score (nSPS) is 11.2. The molecule has 1 aromatic carbocycles. The van der Waals surface area contributed by atoms with Crippen LogP contribution in [0.25, 0.3) is 0 Å². The molecule has 4 nitrogen and oxygen atoms in total. The van der Waals surface area contributed by atoms with Crippen LogP contribution in [0.15, 0.2) is 42.5 Å². The van der Waals surface area contributed by atoms with E-state index in [1.807, 2.05) is 18.2 Å². The van der Waals surface area contributed by atoms with Crippen molar-refractivity contribution in [2.75, 3.05) is 20.8 Å². The van der Waals surface area contributed by atoms with Gasteiger partial charge in [-0.1, -0.05) is 49.8 Å². The zero-order chi connectivity index (χ0) is 16.4. The molecule has 0 N–H and O–H groups in total. The van der Waals surface area contributed by atoms with E-state index >= 15 is 0 Å². The van der Waals surface area contributed by atoms with Crippen molar-refractivity contribution < 1.29 is 18.4 Å². The smallest absolute Gasteiger partial charge is 0.371 e. The predicted octanol–water partition coefficient (Wildman–Crippen LogP) is 2.92. The van der Waals surface area contributed by atoms with E-state index in [1.54, 1.807) is 21.1 Å². The number of ether oxygens (including phenoxy) is 1. The molecule has 0 aromatic heterocycles. The fourth-order valence-electron chi connectivity index (χ4n) is 2.28. The van der Waals surface area contributed by atoms with Crippen LogP contribution in [0.4, 0.5) is 0 Å². The molecule has 5 heteroatoms. The lowest BCUT2D eigenvalue weighted by atomic mass is 10.3. The number of hydrogen-bond donors (Lipinski definition) is 0. The molecule has 0 aliphatic heterocycles. The quantitative estimate of drug-likeness (QED) is 0.287. The number of carbonyl (C=O) groups excluding carboxylic acids is 1. The zero-order valence-corrected chi connectivity index (χ0v) is 14.8. The second kappa shape index (κ2) is 9.56. The molecule has 0 saturated carbocycles. The molecule has 0 saturated heterocycles. The van der Waals surface area contributed by atoms with Crippen LogP contribution in [0.2, 0.25) is 6.04 Å². The Balaban J connectivity index is 2.40. The third kappa shape index (κ3) is 5.40. The Kier molecular flexibility index (Phi) is 8.09. The summed E-state index contributed by atoms with van der Waals surface area (Å²) >= 11 is 0. The van der Waals surface area contributed by atoms with Crippen molar-refractivity contribution in [3.8, 4) is 0 Å². The van der Waals surface area contributed by atoms with E-state index in [1.165, 1.54) is 0 Å². The van der Waals surface area contributed by atoms with Crippen molar-refractivity contribution in [2.24, 2.45) is 0 Å². The van der Waals surface area contributed by atoms with Crippen molar-refractivity contribution in [2.45, 2.75) is 32.2 Å². The van der Waals surface area contributed by atoms with Gasteiger partial charge in [0, 0.05) is 19.8 Å². The van der Waals surface area contributed by atoms with Gasteiger partial charge in [0.05, 0.1) is 6.61 Å². The molecule has 1 aromatic rings. The van der Waals surface area contributed by atoms with Crippen LogP contribution < -0.4 is 5.19 Å². The summed E-state index contributed by atoms with van der Waals surface area (Å²) in [4.78, 5) is 11.3. The molecule has 0 atom stereocenters. The molecule has 0 unspecified atom stereocenters. The first-order valence-corrected chi connectivity index (χ1v) is 9.56. The van der Waals surface area contributed by atoms with Crippen molar-refractivity contribution in [3.63, 3.8) is 0 Å². The van der Waals surface area contributed by atoms with Crippen molar-refractivity contribution in [3.05, 3.63) is 42.5 Å². The van der Waals surface area contributed by atoms with Gasteiger partial charge in [-0.2, -0.15) is 0 Å². The highest BCUT2D eigenvalue weighted by molar-refractivity contribution is 6.81. The zero-order valence-electron chi connectivity index (χ0n) is 13.8. The number of rotatable bonds is 10. The minimum absolute atomic E-state index is 0.318. The summed E-state index contributed by atoms with van der Waals surface area (Å²) in [5.41, 5.74) is 0.439. The predicted molar refractivity (Wildman–Crippen MR) is 90.3 cm³/mol. The second-order valence-electron chi connectivity index (χ2n) is 5.25. The molecular weight excluding hydrogens is 296 g/mol. The summed E-state index contributed by atoms with van der Waals surface area (Å²) in [5, 5.41) is 1.15. The molecule has 0 spiro atoms. The van der Waals surface area contributed by atoms with Gasteiger partial charge in [0.2, 0.25) is 0 Å². The largest absolute Gasteiger partial charge is 0.462 e. The Morgan fingerprint density at radius 2 is 1.73 bits per heavy atom. The van der Waals surface area contributed by atoms with Crippen molar-refractivity contribution in [1.29, 1.82) is 0 Å². The van der Waals surface area contributed by atoms with Gasteiger partial charge in [0.1, 0.15) is 0 Å². The molecule has 0 amide bonds. The first-order valence-electron chi connectivity index (χ1n) is 7.54. The Labute approximate surface area is 134 Å². The summed E-state index contributed by atoms with van der Waals surface area (Å²) in [6.45, 7) is 5.64. The standard InChI is InChI=1S/C17H26O4Si/c1-15(2)17(18)21-13-9-6-10-14-22(19-3,20-4)16-11-7-5-8-12-16/h5,7-8,11-12H,1,6,9-10,13-14H2,2-4H3. The Hall–Kier alpha value is -1.43. The van der Waals surface area contributed by atoms with E-state index in [0.29, 0.717) is 12.2 Å². The average Bonchev–Trinajstić information content (AvgIpc) is 2.55. The Morgan fingerprint density at radius 1 is 1.09 bits per heavy atom. The van der Waals surface area contributed by atoms with Gasteiger partial charge in [-0.25, -0.2) is 4.79 Å².